The third-order valence-corrected chi connectivity index (χ3v) is 3.14. The van der Waals surface area contributed by atoms with E-state index in [1.807, 2.05) is 6.07 Å². The summed E-state index contributed by atoms with van der Waals surface area (Å²) in [6.07, 6.45) is 1.14. The second-order valence-electron chi connectivity index (χ2n) is 4.33. The molecule has 0 heterocycles. The minimum Gasteiger partial charge on any atom is -0.492 e. The molecule has 1 N–H and O–H groups in total. The van der Waals surface area contributed by atoms with E-state index < -0.39 is 0 Å². The number of nitrogens with one attached hydrogen (secondary N) is 1. The van der Waals surface area contributed by atoms with Crippen molar-refractivity contribution in [2.24, 2.45) is 0 Å². The van der Waals surface area contributed by atoms with Crippen LogP contribution >= 0.6 is 23.2 Å². The molecule has 0 radical (unpaired) electrons. The van der Waals surface area contributed by atoms with Crippen molar-refractivity contribution in [2.45, 2.75) is 6.42 Å². The fraction of sp³-hybridized carbons (Fsp3) is 0.538. The molecule has 5 heteroatoms. The summed E-state index contributed by atoms with van der Waals surface area (Å²) in [5.41, 5.74) is 0. The molecule has 0 aliphatic rings. The molecule has 1 aromatic rings. The maximum atomic E-state index is 5.89. The van der Waals surface area contributed by atoms with Crippen LogP contribution in [-0.2, 0) is 0 Å². The molecule has 0 saturated heterocycles. The van der Waals surface area contributed by atoms with Crippen LogP contribution in [0.1, 0.15) is 6.42 Å². The van der Waals surface area contributed by atoms with Crippen molar-refractivity contribution < 1.29 is 4.74 Å². The van der Waals surface area contributed by atoms with Gasteiger partial charge in [-0.3, -0.25) is 0 Å². The number of halogens is 2. The van der Waals surface area contributed by atoms with Gasteiger partial charge in [-0.1, -0.05) is 23.2 Å². The van der Waals surface area contributed by atoms with Crippen molar-refractivity contribution in [3.63, 3.8) is 0 Å². The summed E-state index contributed by atoms with van der Waals surface area (Å²) in [5.74, 6) is 0.750. The second-order valence-corrected chi connectivity index (χ2v) is 5.15. The van der Waals surface area contributed by atoms with Gasteiger partial charge in [0.2, 0.25) is 0 Å². The number of hydrogen-bond acceptors (Lipinski definition) is 3. The molecule has 1 aromatic carbocycles. The van der Waals surface area contributed by atoms with Crippen LogP contribution in [0.2, 0.25) is 10.0 Å². The number of benzene rings is 1. The zero-order chi connectivity index (χ0) is 13.4. The first-order valence-corrected chi connectivity index (χ1v) is 6.78. The summed E-state index contributed by atoms with van der Waals surface area (Å²) in [6.45, 7) is 3.55. The molecule has 0 amide bonds. The summed E-state index contributed by atoms with van der Waals surface area (Å²) in [5, 5.41) is 4.39. The van der Waals surface area contributed by atoms with E-state index in [9.17, 15) is 0 Å². The van der Waals surface area contributed by atoms with Gasteiger partial charge in [0.1, 0.15) is 12.4 Å². The zero-order valence-electron chi connectivity index (χ0n) is 10.9. The molecule has 102 valence electrons. The van der Waals surface area contributed by atoms with Crippen LogP contribution in [0.25, 0.3) is 0 Å². The average Bonchev–Trinajstić information content (AvgIpc) is 2.32. The Morgan fingerprint density at radius 2 is 1.94 bits per heavy atom. The highest BCUT2D eigenvalue weighted by Gasteiger charge is 1.99. The van der Waals surface area contributed by atoms with Gasteiger partial charge in [-0.25, -0.2) is 0 Å². The van der Waals surface area contributed by atoms with E-state index in [2.05, 4.69) is 24.3 Å². The standard InChI is InChI=1S/C13H20Cl2N2O/c1-17(2)8-3-6-16-7-9-18-11-4-5-12(14)13(15)10-11/h4-5,10,16H,3,6-9H2,1-2H3. The minimum absolute atomic E-state index is 0.521. The van der Waals surface area contributed by atoms with E-state index in [4.69, 9.17) is 27.9 Å². The van der Waals surface area contributed by atoms with Gasteiger partial charge >= 0.3 is 0 Å². The number of ether oxygens (including phenoxy) is 1. The SMILES string of the molecule is CN(C)CCCNCCOc1ccc(Cl)c(Cl)c1. The minimum atomic E-state index is 0.521. The quantitative estimate of drug-likeness (QED) is 0.745. The normalized spacial score (nSPS) is 10.9. The first-order valence-electron chi connectivity index (χ1n) is 6.03. The fourth-order valence-electron chi connectivity index (χ4n) is 1.45. The molecule has 0 fully saturated rings. The molecule has 0 unspecified atom stereocenters. The number of nitrogens with zero attached hydrogens (tertiary/aromatic N) is 1. The maximum Gasteiger partial charge on any atom is 0.120 e. The van der Waals surface area contributed by atoms with E-state index >= 15 is 0 Å². The highest BCUT2D eigenvalue weighted by atomic mass is 35.5. The van der Waals surface area contributed by atoms with Gasteiger partial charge in [0, 0.05) is 12.6 Å². The molecule has 18 heavy (non-hydrogen) atoms. The predicted octanol–water partition coefficient (Wildman–Crippen LogP) is 2.91. The van der Waals surface area contributed by atoms with Crippen LogP contribution in [0.3, 0.4) is 0 Å². The van der Waals surface area contributed by atoms with Crippen molar-refractivity contribution in [1.29, 1.82) is 0 Å². The van der Waals surface area contributed by atoms with Crippen LogP contribution in [0, 0.1) is 0 Å². The predicted molar refractivity (Wildman–Crippen MR) is 78.0 cm³/mol. The lowest BCUT2D eigenvalue weighted by molar-refractivity contribution is 0.311. The van der Waals surface area contributed by atoms with Crippen molar-refractivity contribution >= 4 is 23.2 Å². The summed E-state index contributed by atoms with van der Waals surface area (Å²) in [4.78, 5) is 2.17. The second kappa shape index (κ2) is 8.59. The van der Waals surface area contributed by atoms with Crippen molar-refractivity contribution in [1.82, 2.24) is 10.2 Å². The molecule has 0 bridgehead atoms. The number of rotatable bonds is 8. The van der Waals surface area contributed by atoms with E-state index in [0.29, 0.717) is 16.7 Å². The highest BCUT2D eigenvalue weighted by molar-refractivity contribution is 6.42. The van der Waals surface area contributed by atoms with Gasteiger partial charge in [-0.2, -0.15) is 0 Å². The first-order chi connectivity index (χ1) is 8.59. The zero-order valence-corrected chi connectivity index (χ0v) is 12.4. The van der Waals surface area contributed by atoms with E-state index in [-0.39, 0.29) is 0 Å². The lowest BCUT2D eigenvalue weighted by atomic mass is 10.3. The molecule has 0 atom stereocenters. The van der Waals surface area contributed by atoms with Crippen LogP contribution < -0.4 is 10.1 Å². The van der Waals surface area contributed by atoms with E-state index in [1.54, 1.807) is 12.1 Å². The summed E-state index contributed by atoms with van der Waals surface area (Å²) >= 11 is 11.7. The molecular weight excluding hydrogens is 271 g/mol. The van der Waals surface area contributed by atoms with Crippen LogP contribution in [0.15, 0.2) is 18.2 Å². The molecule has 0 aromatic heterocycles. The Kier molecular flexibility index (Phi) is 7.44. The molecule has 0 aliphatic heterocycles. The molecular formula is C13H20Cl2N2O. The van der Waals surface area contributed by atoms with Gasteiger partial charge in [-0.05, 0) is 45.7 Å². The fourth-order valence-corrected chi connectivity index (χ4v) is 1.74. The first kappa shape index (κ1) is 15.6. The van der Waals surface area contributed by atoms with E-state index in [0.717, 1.165) is 31.8 Å². The molecule has 0 spiro atoms. The van der Waals surface area contributed by atoms with Crippen LogP contribution in [-0.4, -0.2) is 45.2 Å². The Labute approximate surface area is 119 Å². The molecule has 1 rings (SSSR count). The van der Waals surface area contributed by atoms with Crippen LogP contribution in [0.4, 0.5) is 0 Å². The van der Waals surface area contributed by atoms with Crippen LogP contribution in [0.5, 0.6) is 5.75 Å². The monoisotopic (exact) mass is 290 g/mol. The summed E-state index contributed by atoms with van der Waals surface area (Å²) in [6, 6.07) is 5.29. The third kappa shape index (κ3) is 6.45. The Hall–Kier alpha value is -0.480. The summed E-state index contributed by atoms with van der Waals surface area (Å²) in [7, 11) is 4.15. The lowest BCUT2D eigenvalue weighted by Crippen LogP contribution is -2.25. The largest absolute Gasteiger partial charge is 0.492 e. The smallest absolute Gasteiger partial charge is 0.120 e. The average molecular weight is 291 g/mol. The van der Waals surface area contributed by atoms with Gasteiger partial charge in [-0.15, -0.1) is 0 Å². The molecule has 0 aliphatic carbocycles. The Morgan fingerprint density at radius 3 is 2.61 bits per heavy atom. The molecule has 0 saturated carbocycles. The Morgan fingerprint density at radius 1 is 1.17 bits per heavy atom. The lowest BCUT2D eigenvalue weighted by Gasteiger charge is -2.10. The van der Waals surface area contributed by atoms with Gasteiger partial charge in [0.25, 0.3) is 0 Å². The highest BCUT2D eigenvalue weighted by Crippen LogP contribution is 2.26. The van der Waals surface area contributed by atoms with Gasteiger partial charge in [0.15, 0.2) is 0 Å². The van der Waals surface area contributed by atoms with Crippen molar-refractivity contribution in [3.8, 4) is 5.75 Å². The van der Waals surface area contributed by atoms with Crippen molar-refractivity contribution in [2.75, 3.05) is 40.3 Å². The van der Waals surface area contributed by atoms with Crippen molar-refractivity contribution in [3.05, 3.63) is 28.2 Å². The molecule has 3 nitrogen and oxygen atoms in total. The topological polar surface area (TPSA) is 24.5 Å². The van der Waals surface area contributed by atoms with Gasteiger partial charge < -0.3 is 15.0 Å². The summed E-state index contributed by atoms with van der Waals surface area (Å²) < 4.78 is 5.55. The number of hydrogen-bond donors (Lipinski definition) is 1. The van der Waals surface area contributed by atoms with Gasteiger partial charge in [0.05, 0.1) is 10.0 Å². The maximum absolute atomic E-state index is 5.89. The third-order valence-electron chi connectivity index (χ3n) is 2.40. The Balaban J connectivity index is 2.09. The van der Waals surface area contributed by atoms with E-state index in [1.165, 1.54) is 0 Å². The Bertz CT molecular complexity index is 359.